The summed E-state index contributed by atoms with van der Waals surface area (Å²) in [6.45, 7) is 5.39. The highest BCUT2D eigenvalue weighted by atomic mass is 32.1. The molecule has 0 N–H and O–H groups in total. The van der Waals surface area contributed by atoms with Crippen LogP contribution >= 0.6 is 11.3 Å². The van der Waals surface area contributed by atoms with Gasteiger partial charge in [-0.1, -0.05) is 29.5 Å². The summed E-state index contributed by atoms with van der Waals surface area (Å²) in [5.74, 6) is -0.709. The van der Waals surface area contributed by atoms with Crippen LogP contribution in [0.1, 0.15) is 17.5 Å². The number of carbonyl (C=O) groups is 1. The molecule has 2 aromatic heterocycles. The summed E-state index contributed by atoms with van der Waals surface area (Å²) < 4.78 is 7.76. The predicted molar refractivity (Wildman–Crippen MR) is 125 cm³/mol. The minimum atomic E-state index is -0.529. The summed E-state index contributed by atoms with van der Waals surface area (Å²) in [5.41, 5.74) is 4.28. The molecule has 7 nitrogen and oxygen atoms in total. The van der Waals surface area contributed by atoms with Crippen LogP contribution in [0.15, 0.2) is 45.6 Å². The molecule has 0 aliphatic carbocycles. The standard InChI is InChI=1S/C23H26N4O3S/c1-15-12-16(2)21-17(13-15)24-22(31-21)26(11-7-10-25(3)4)20(28)14-27-18-8-5-6-9-19(18)30-23(27)29/h5-6,8-9,12-13H,7,10-11,14H2,1-4H3. The third kappa shape index (κ3) is 4.40. The van der Waals surface area contributed by atoms with Gasteiger partial charge < -0.3 is 9.32 Å². The SMILES string of the molecule is Cc1cc(C)c2sc(N(CCCN(C)C)C(=O)Cn3c(=O)oc4ccccc43)nc2c1. The molecule has 31 heavy (non-hydrogen) atoms. The van der Waals surface area contributed by atoms with Crippen molar-refractivity contribution in [2.75, 3.05) is 32.1 Å². The Labute approximate surface area is 184 Å². The van der Waals surface area contributed by atoms with Crippen molar-refractivity contribution in [3.8, 4) is 0 Å². The van der Waals surface area contributed by atoms with E-state index in [1.165, 1.54) is 15.9 Å². The van der Waals surface area contributed by atoms with Crippen molar-refractivity contribution in [1.82, 2.24) is 14.5 Å². The van der Waals surface area contributed by atoms with Gasteiger partial charge in [0.1, 0.15) is 6.54 Å². The average Bonchev–Trinajstić information content (AvgIpc) is 3.26. The number of thiazole rings is 1. The molecular formula is C23H26N4O3S. The van der Waals surface area contributed by atoms with E-state index in [2.05, 4.69) is 17.9 Å². The van der Waals surface area contributed by atoms with Crippen molar-refractivity contribution in [3.63, 3.8) is 0 Å². The molecular weight excluding hydrogens is 412 g/mol. The molecule has 162 valence electrons. The molecule has 0 radical (unpaired) electrons. The van der Waals surface area contributed by atoms with Crippen LogP contribution in [0.5, 0.6) is 0 Å². The van der Waals surface area contributed by atoms with Gasteiger partial charge in [0, 0.05) is 6.54 Å². The molecule has 0 fully saturated rings. The summed E-state index contributed by atoms with van der Waals surface area (Å²) >= 11 is 1.52. The van der Waals surface area contributed by atoms with Gasteiger partial charge in [0.15, 0.2) is 10.7 Å². The molecule has 0 saturated heterocycles. The first-order chi connectivity index (χ1) is 14.8. The van der Waals surface area contributed by atoms with Crippen LogP contribution in [0, 0.1) is 13.8 Å². The highest BCUT2D eigenvalue weighted by Gasteiger charge is 2.22. The van der Waals surface area contributed by atoms with E-state index in [-0.39, 0.29) is 12.5 Å². The maximum absolute atomic E-state index is 13.4. The first kappa shape index (κ1) is 21.3. The molecule has 1 amide bonds. The minimum absolute atomic E-state index is 0.0915. The summed E-state index contributed by atoms with van der Waals surface area (Å²) in [4.78, 5) is 34.3. The molecule has 4 aromatic rings. The number of carbonyl (C=O) groups excluding carboxylic acids is 1. The highest BCUT2D eigenvalue weighted by Crippen LogP contribution is 2.32. The Balaban J connectivity index is 1.69. The second kappa shape index (κ2) is 8.64. The van der Waals surface area contributed by atoms with Gasteiger partial charge in [-0.3, -0.25) is 14.3 Å². The van der Waals surface area contributed by atoms with Crippen LogP contribution in [0.3, 0.4) is 0 Å². The van der Waals surface area contributed by atoms with E-state index >= 15 is 0 Å². The van der Waals surface area contributed by atoms with Crippen molar-refractivity contribution < 1.29 is 9.21 Å². The maximum atomic E-state index is 13.4. The predicted octanol–water partition coefficient (Wildman–Crippen LogP) is 3.81. The second-order valence-corrected chi connectivity index (χ2v) is 9.03. The van der Waals surface area contributed by atoms with E-state index < -0.39 is 5.76 Å². The fraction of sp³-hybridized carbons (Fsp3) is 0.348. The van der Waals surface area contributed by atoms with E-state index in [1.807, 2.05) is 33.2 Å². The maximum Gasteiger partial charge on any atom is 0.420 e. The van der Waals surface area contributed by atoms with Crippen LogP contribution in [0.4, 0.5) is 5.13 Å². The lowest BCUT2D eigenvalue weighted by Gasteiger charge is -2.21. The van der Waals surface area contributed by atoms with E-state index in [4.69, 9.17) is 9.40 Å². The van der Waals surface area contributed by atoms with Crippen molar-refractivity contribution in [1.29, 1.82) is 0 Å². The summed E-state index contributed by atoms with van der Waals surface area (Å²) in [6, 6.07) is 11.3. The smallest absolute Gasteiger partial charge is 0.408 e. The number of hydrogen-bond donors (Lipinski definition) is 0. The number of nitrogens with zero attached hydrogens (tertiary/aromatic N) is 4. The van der Waals surface area contributed by atoms with Crippen molar-refractivity contribution in [2.45, 2.75) is 26.8 Å². The number of aryl methyl sites for hydroxylation is 2. The van der Waals surface area contributed by atoms with Gasteiger partial charge in [-0.2, -0.15) is 0 Å². The zero-order valence-corrected chi connectivity index (χ0v) is 19.0. The lowest BCUT2D eigenvalue weighted by atomic mass is 10.1. The van der Waals surface area contributed by atoms with E-state index in [0.717, 1.165) is 34.3 Å². The van der Waals surface area contributed by atoms with E-state index in [9.17, 15) is 9.59 Å². The number of aromatic nitrogens is 2. The molecule has 0 bridgehead atoms. The molecule has 2 heterocycles. The molecule has 0 saturated carbocycles. The lowest BCUT2D eigenvalue weighted by Crippen LogP contribution is -2.37. The molecule has 2 aromatic carbocycles. The topological polar surface area (TPSA) is 71.6 Å². The van der Waals surface area contributed by atoms with Gasteiger partial charge in [0.25, 0.3) is 0 Å². The van der Waals surface area contributed by atoms with Gasteiger partial charge in [-0.15, -0.1) is 0 Å². The second-order valence-electron chi connectivity index (χ2n) is 8.05. The first-order valence-corrected chi connectivity index (χ1v) is 11.1. The molecule has 0 aliphatic rings. The van der Waals surface area contributed by atoms with Crippen molar-refractivity contribution >= 4 is 43.7 Å². The van der Waals surface area contributed by atoms with Crippen molar-refractivity contribution in [2.24, 2.45) is 0 Å². The zero-order valence-electron chi connectivity index (χ0n) is 18.2. The monoisotopic (exact) mass is 438 g/mol. The highest BCUT2D eigenvalue weighted by molar-refractivity contribution is 7.22. The number of para-hydroxylation sites is 2. The number of benzene rings is 2. The largest absolute Gasteiger partial charge is 0.420 e. The molecule has 0 spiro atoms. The number of anilines is 1. The fourth-order valence-corrected chi connectivity index (χ4v) is 4.80. The van der Waals surface area contributed by atoms with E-state index in [0.29, 0.717) is 22.8 Å². The van der Waals surface area contributed by atoms with Crippen LogP contribution in [0.2, 0.25) is 0 Å². The van der Waals surface area contributed by atoms with Gasteiger partial charge in [-0.25, -0.2) is 9.78 Å². The molecule has 0 atom stereocenters. The first-order valence-electron chi connectivity index (χ1n) is 10.2. The Hall–Kier alpha value is -2.97. The van der Waals surface area contributed by atoms with Crippen LogP contribution in [0.25, 0.3) is 21.3 Å². The number of fused-ring (bicyclic) bond motifs is 2. The third-order valence-corrected chi connectivity index (χ3v) is 6.42. The number of rotatable bonds is 7. The number of oxazole rings is 1. The van der Waals surface area contributed by atoms with Crippen LogP contribution in [-0.2, 0) is 11.3 Å². The van der Waals surface area contributed by atoms with Gasteiger partial charge in [0.05, 0.1) is 15.7 Å². The van der Waals surface area contributed by atoms with E-state index in [1.54, 1.807) is 23.1 Å². The average molecular weight is 439 g/mol. The van der Waals surface area contributed by atoms with Gasteiger partial charge >= 0.3 is 5.76 Å². The lowest BCUT2D eigenvalue weighted by molar-refractivity contribution is -0.119. The zero-order chi connectivity index (χ0) is 22.1. The normalized spacial score (nSPS) is 11.6. The fourth-order valence-electron chi connectivity index (χ4n) is 3.74. The molecule has 4 rings (SSSR count). The van der Waals surface area contributed by atoms with Gasteiger partial charge in [0.2, 0.25) is 5.91 Å². The molecule has 8 heteroatoms. The Morgan fingerprint density at radius 2 is 1.94 bits per heavy atom. The van der Waals surface area contributed by atoms with Gasteiger partial charge in [-0.05, 0) is 70.2 Å². The minimum Gasteiger partial charge on any atom is -0.408 e. The molecule has 0 aliphatic heterocycles. The number of hydrogen-bond acceptors (Lipinski definition) is 6. The Morgan fingerprint density at radius 1 is 1.16 bits per heavy atom. The quantitative estimate of drug-likeness (QED) is 0.439. The summed E-state index contributed by atoms with van der Waals surface area (Å²) in [7, 11) is 4.01. The van der Waals surface area contributed by atoms with Crippen LogP contribution < -0.4 is 10.7 Å². The Kier molecular flexibility index (Phi) is 5.93. The molecule has 0 unspecified atom stereocenters. The number of amides is 1. The van der Waals surface area contributed by atoms with Crippen LogP contribution in [-0.4, -0.2) is 47.5 Å². The Bertz CT molecular complexity index is 1300. The Morgan fingerprint density at radius 3 is 2.71 bits per heavy atom. The summed E-state index contributed by atoms with van der Waals surface area (Å²) in [5, 5.41) is 0.660. The third-order valence-electron chi connectivity index (χ3n) is 5.19. The van der Waals surface area contributed by atoms with Crippen molar-refractivity contribution in [3.05, 3.63) is 58.1 Å². The summed E-state index contributed by atoms with van der Waals surface area (Å²) in [6.07, 6.45) is 0.799.